The van der Waals surface area contributed by atoms with Crippen LogP contribution in [-0.2, 0) is 15.9 Å². The lowest BCUT2D eigenvalue weighted by Crippen LogP contribution is -2.41. The minimum absolute atomic E-state index is 0.167. The summed E-state index contributed by atoms with van der Waals surface area (Å²) in [5.41, 5.74) is 0.720. The Hall–Kier alpha value is -0.905. The fourth-order valence-electron chi connectivity index (χ4n) is 3.10. The van der Waals surface area contributed by atoms with Crippen molar-refractivity contribution in [1.82, 2.24) is 4.90 Å². The van der Waals surface area contributed by atoms with Crippen LogP contribution in [0.3, 0.4) is 0 Å². The Morgan fingerprint density at radius 3 is 2.27 bits per heavy atom. The van der Waals surface area contributed by atoms with Crippen LogP contribution in [0.4, 0.5) is 4.39 Å². The van der Waals surface area contributed by atoms with Gasteiger partial charge in [-0.25, -0.2) is 4.39 Å². The highest BCUT2D eigenvalue weighted by Gasteiger charge is 2.52. The second-order valence-corrected chi connectivity index (χ2v) is 7.38. The van der Waals surface area contributed by atoms with Gasteiger partial charge < -0.3 is 9.31 Å². The van der Waals surface area contributed by atoms with E-state index in [9.17, 15) is 4.39 Å². The highest BCUT2D eigenvalue weighted by Crippen LogP contribution is 2.36. The lowest BCUT2D eigenvalue weighted by atomic mass is 9.75. The Morgan fingerprint density at radius 1 is 1.09 bits per heavy atom. The maximum absolute atomic E-state index is 14.4. The molecule has 3 nitrogen and oxygen atoms in total. The van der Waals surface area contributed by atoms with Crippen molar-refractivity contribution in [3.8, 4) is 0 Å². The van der Waals surface area contributed by atoms with Crippen LogP contribution < -0.4 is 5.46 Å². The molecule has 3 rings (SSSR count). The molecule has 22 heavy (non-hydrogen) atoms. The largest absolute Gasteiger partial charge is 0.495 e. The van der Waals surface area contributed by atoms with Gasteiger partial charge in [-0.15, -0.1) is 0 Å². The molecule has 0 spiro atoms. The third-order valence-corrected chi connectivity index (χ3v) is 5.24. The van der Waals surface area contributed by atoms with Gasteiger partial charge in [0.2, 0.25) is 0 Å². The normalized spacial score (nSPS) is 24.1. The molecule has 0 N–H and O–H groups in total. The van der Waals surface area contributed by atoms with Gasteiger partial charge in [0.15, 0.2) is 0 Å². The number of hydrogen-bond acceptors (Lipinski definition) is 3. The lowest BCUT2D eigenvalue weighted by molar-refractivity contribution is 0.00578. The second-order valence-electron chi connectivity index (χ2n) is 7.38. The minimum atomic E-state index is -0.502. The third-order valence-electron chi connectivity index (χ3n) is 5.24. The number of nitrogens with zero attached hydrogens (tertiary/aromatic N) is 1. The van der Waals surface area contributed by atoms with E-state index in [4.69, 9.17) is 9.31 Å². The van der Waals surface area contributed by atoms with Crippen LogP contribution in [0.1, 0.15) is 46.1 Å². The highest BCUT2D eigenvalue weighted by atomic mass is 19.1. The van der Waals surface area contributed by atoms with Gasteiger partial charge in [0.1, 0.15) is 5.82 Å². The maximum Gasteiger partial charge on any atom is 0.495 e. The molecule has 1 aromatic rings. The van der Waals surface area contributed by atoms with Gasteiger partial charge in [-0.2, -0.15) is 0 Å². The molecule has 0 bridgehead atoms. The zero-order valence-electron chi connectivity index (χ0n) is 14.0. The number of hydrogen-bond donors (Lipinski definition) is 0. The summed E-state index contributed by atoms with van der Waals surface area (Å²) in [5.74, 6) is -0.167. The van der Waals surface area contributed by atoms with Crippen LogP contribution in [0.2, 0.25) is 0 Å². The van der Waals surface area contributed by atoms with Gasteiger partial charge in [0, 0.05) is 12.1 Å². The van der Waals surface area contributed by atoms with E-state index < -0.39 is 18.3 Å². The monoisotopic (exact) mass is 305 g/mol. The first-order valence-corrected chi connectivity index (χ1v) is 8.15. The van der Waals surface area contributed by atoms with Crippen molar-refractivity contribution in [1.29, 1.82) is 0 Å². The van der Waals surface area contributed by atoms with E-state index in [-0.39, 0.29) is 5.82 Å². The Balaban J connectivity index is 1.89. The molecule has 0 atom stereocenters. The summed E-state index contributed by atoms with van der Waals surface area (Å²) in [6.45, 7) is 10.8. The summed E-state index contributed by atoms with van der Waals surface area (Å²) in [6, 6.07) is 5.19. The number of likely N-dealkylation sites (tertiary alicyclic amines) is 1. The van der Waals surface area contributed by atoms with Crippen molar-refractivity contribution >= 4 is 12.6 Å². The van der Waals surface area contributed by atoms with Crippen molar-refractivity contribution in [3.05, 3.63) is 29.6 Å². The topological polar surface area (TPSA) is 21.7 Å². The molecule has 2 heterocycles. The number of halogens is 1. The summed E-state index contributed by atoms with van der Waals surface area (Å²) in [7, 11) is -0.502. The third kappa shape index (κ3) is 2.82. The van der Waals surface area contributed by atoms with Crippen LogP contribution >= 0.6 is 0 Å². The molecule has 2 aliphatic heterocycles. The maximum atomic E-state index is 14.4. The zero-order valence-corrected chi connectivity index (χ0v) is 14.0. The van der Waals surface area contributed by atoms with Crippen LogP contribution in [0.5, 0.6) is 0 Å². The Labute approximate surface area is 132 Å². The van der Waals surface area contributed by atoms with Crippen LogP contribution in [0, 0.1) is 5.82 Å². The molecule has 0 saturated carbocycles. The molecule has 0 aromatic heterocycles. The fraction of sp³-hybridized carbons (Fsp3) is 0.647. The van der Waals surface area contributed by atoms with Crippen molar-refractivity contribution in [2.24, 2.45) is 0 Å². The molecule has 1 aromatic carbocycles. The van der Waals surface area contributed by atoms with E-state index in [2.05, 4.69) is 4.90 Å². The average molecular weight is 305 g/mol. The van der Waals surface area contributed by atoms with Crippen molar-refractivity contribution in [2.45, 2.75) is 58.3 Å². The van der Waals surface area contributed by atoms with Gasteiger partial charge in [-0.1, -0.05) is 12.1 Å². The van der Waals surface area contributed by atoms with E-state index in [1.165, 1.54) is 18.9 Å². The summed E-state index contributed by atoms with van der Waals surface area (Å²) in [4.78, 5) is 2.30. The summed E-state index contributed by atoms with van der Waals surface area (Å²) in [5, 5.41) is 0. The molecule has 0 aliphatic carbocycles. The standard InChI is InChI=1S/C17H25BFNO2/c1-16(2)17(3,4)22-18(21-16)14-8-7-9-15(19)13(14)12-20-10-5-6-11-20/h7-9H,5-6,10-12H2,1-4H3. The van der Waals surface area contributed by atoms with Gasteiger partial charge in [-0.3, -0.25) is 4.90 Å². The molecule has 0 amide bonds. The van der Waals surface area contributed by atoms with Crippen molar-refractivity contribution in [3.63, 3.8) is 0 Å². The van der Waals surface area contributed by atoms with E-state index in [0.29, 0.717) is 12.1 Å². The quantitative estimate of drug-likeness (QED) is 0.802. The molecule has 0 radical (unpaired) electrons. The van der Waals surface area contributed by atoms with Crippen molar-refractivity contribution < 1.29 is 13.7 Å². The fourth-order valence-corrected chi connectivity index (χ4v) is 3.10. The van der Waals surface area contributed by atoms with E-state index >= 15 is 0 Å². The molecule has 2 saturated heterocycles. The van der Waals surface area contributed by atoms with Crippen molar-refractivity contribution in [2.75, 3.05) is 13.1 Å². The molecule has 120 valence electrons. The summed E-state index contributed by atoms with van der Waals surface area (Å²) in [6.07, 6.45) is 2.39. The van der Waals surface area contributed by atoms with Crippen LogP contribution in [-0.4, -0.2) is 36.3 Å². The second kappa shape index (κ2) is 5.62. The van der Waals surface area contributed by atoms with Gasteiger partial charge in [0.05, 0.1) is 11.2 Å². The highest BCUT2D eigenvalue weighted by molar-refractivity contribution is 6.62. The summed E-state index contributed by atoms with van der Waals surface area (Å²) >= 11 is 0. The smallest absolute Gasteiger partial charge is 0.399 e. The predicted molar refractivity (Wildman–Crippen MR) is 86.6 cm³/mol. The molecular weight excluding hydrogens is 280 g/mol. The molecule has 2 fully saturated rings. The SMILES string of the molecule is CC1(C)OB(c2cccc(F)c2CN2CCCC2)OC1(C)C. The first kappa shape index (κ1) is 16.0. The Kier molecular flexibility index (Phi) is 4.08. The van der Waals surface area contributed by atoms with E-state index in [0.717, 1.165) is 18.6 Å². The zero-order chi connectivity index (χ0) is 16.0. The first-order chi connectivity index (χ1) is 10.3. The van der Waals surface area contributed by atoms with Crippen LogP contribution in [0.15, 0.2) is 18.2 Å². The molecule has 5 heteroatoms. The number of benzene rings is 1. The lowest BCUT2D eigenvalue weighted by Gasteiger charge is -2.32. The Bertz CT molecular complexity index is 540. The van der Waals surface area contributed by atoms with Gasteiger partial charge in [-0.05, 0) is 65.2 Å². The molecular formula is C17H25BFNO2. The van der Waals surface area contributed by atoms with Gasteiger partial charge in [0.25, 0.3) is 0 Å². The summed E-state index contributed by atoms with van der Waals surface area (Å²) < 4.78 is 26.6. The minimum Gasteiger partial charge on any atom is -0.399 e. The molecule has 0 unspecified atom stereocenters. The average Bonchev–Trinajstić information content (AvgIpc) is 2.99. The van der Waals surface area contributed by atoms with Gasteiger partial charge >= 0.3 is 7.12 Å². The molecule has 2 aliphatic rings. The Morgan fingerprint density at radius 2 is 1.68 bits per heavy atom. The predicted octanol–water partition coefficient (Wildman–Crippen LogP) is 2.72. The van der Waals surface area contributed by atoms with E-state index in [1.54, 1.807) is 6.07 Å². The van der Waals surface area contributed by atoms with Crippen LogP contribution in [0.25, 0.3) is 0 Å². The first-order valence-electron chi connectivity index (χ1n) is 8.15. The van der Waals surface area contributed by atoms with E-state index in [1.807, 2.05) is 33.8 Å². The number of rotatable bonds is 3.